The molecule has 0 spiro atoms. The van der Waals surface area contributed by atoms with E-state index < -0.39 is 17.7 Å². The summed E-state index contributed by atoms with van der Waals surface area (Å²) >= 11 is 0. The van der Waals surface area contributed by atoms with Gasteiger partial charge in [-0.25, -0.2) is 0 Å². The molecule has 1 fully saturated rings. The molecule has 1 unspecified atom stereocenters. The number of aliphatic hydroxyl groups is 1. The van der Waals surface area contributed by atoms with Crippen LogP contribution in [0.5, 0.6) is 23.0 Å². The van der Waals surface area contributed by atoms with Crippen molar-refractivity contribution in [1.29, 1.82) is 0 Å². The molecular formula is C25H29NO7. The van der Waals surface area contributed by atoms with E-state index in [1.54, 1.807) is 36.4 Å². The second-order valence-electron chi connectivity index (χ2n) is 8.10. The van der Waals surface area contributed by atoms with Crippen molar-refractivity contribution in [1.82, 2.24) is 4.90 Å². The maximum absolute atomic E-state index is 12.9. The highest BCUT2D eigenvalue weighted by atomic mass is 16.5. The van der Waals surface area contributed by atoms with Crippen LogP contribution in [0.3, 0.4) is 0 Å². The lowest BCUT2D eigenvalue weighted by Gasteiger charge is -2.23. The Morgan fingerprint density at radius 2 is 1.58 bits per heavy atom. The minimum Gasteiger partial charge on any atom is -0.507 e. The van der Waals surface area contributed by atoms with Gasteiger partial charge in [0.2, 0.25) is 5.75 Å². The highest BCUT2D eigenvalue weighted by Gasteiger charge is 2.44. The third-order valence-corrected chi connectivity index (χ3v) is 5.39. The number of ether oxygens (including phenoxy) is 4. The van der Waals surface area contributed by atoms with Crippen LogP contribution in [-0.2, 0) is 9.59 Å². The standard InChI is InChI=1S/C25H29NO7/c1-14(2)13-33-17-9-7-15(8-10-17)22(27)20-21(26(3)25(29)23(20)28)16-11-18(30-4)24(32-6)19(12-16)31-5/h7-12,14,21,27H,13H2,1-6H3. The molecule has 1 saturated heterocycles. The molecule has 1 N–H and O–H groups in total. The normalized spacial score (nSPS) is 17.4. The second kappa shape index (κ2) is 9.85. The average Bonchev–Trinajstić information content (AvgIpc) is 3.05. The maximum Gasteiger partial charge on any atom is 0.295 e. The van der Waals surface area contributed by atoms with Crippen LogP contribution in [0.25, 0.3) is 5.76 Å². The molecule has 176 valence electrons. The summed E-state index contributed by atoms with van der Waals surface area (Å²) < 4.78 is 21.9. The number of likely N-dealkylation sites (tertiary alicyclic amines) is 1. The molecule has 8 heteroatoms. The Bertz CT molecular complexity index is 1050. The summed E-state index contributed by atoms with van der Waals surface area (Å²) in [6.45, 7) is 4.66. The smallest absolute Gasteiger partial charge is 0.295 e. The van der Waals surface area contributed by atoms with Crippen LogP contribution in [-0.4, -0.2) is 56.7 Å². The lowest BCUT2D eigenvalue weighted by molar-refractivity contribution is -0.139. The number of likely N-dealkylation sites (N-methyl/N-ethyl adjacent to an activating group) is 1. The summed E-state index contributed by atoms with van der Waals surface area (Å²) in [4.78, 5) is 26.8. The van der Waals surface area contributed by atoms with Crippen LogP contribution in [0, 0.1) is 5.92 Å². The number of aliphatic hydroxyl groups excluding tert-OH is 1. The number of nitrogens with zero attached hydrogens (tertiary/aromatic N) is 1. The van der Waals surface area contributed by atoms with Gasteiger partial charge in [0.15, 0.2) is 11.5 Å². The zero-order valence-corrected chi connectivity index (χ0v) is 19.7. The van der Waals surface area contributed by atoms with E-state index in [0.717, 1.165) is 0 Å². The van der Waals surface area contributed by atoms with Gasteiger partial charge in [0.05, 0.1) is 39.6 Å². The largest absolute Gasteiger partial charge is 0.507 e. The maximum atomic E-state index is 12.9. The number of hydrogen-bond acceptors (Lipinski definition) is 7. The van der Waals surface area contributed by atoms with Crippen LogP contribution in [0.1, 0.15) is 31.0 Å². The highest BCUT2D eigenvalue weighted by Crippen LogP contribution is 2.45. The Morgan fingerprint density at radius 3 is 2.06 bits per heavy atom. The van der Waals surface area contributed by atoms with Crippen molar-refractivity contribution in [3.05, 3.63) is 53.1 Å². The molecule has 1 aliphatic rings. The molecule has 0 aromatic heterocycles. The molecule has 8 nitrogen and oxygen atoms in total. The number of benzene rings is 2. The molecule has 2 aromatic rings. The molecule has 1 atom stereocenters. The number of rotatable bonds is 8. The van der Waals surface area contributed by atoms with Gasteiger partial charge in [-0.05, 0) is 47.9 Å². The first-order chi connectivity index (χ1) is 15.7. The summed E-state index contributed by atoms with van der Waals surface area (Å²) in [5.41, 5.74) is 0.910. The van der Waals surface area contributed by atoms with Gasteiger partial charge in [-0.15, -0.1) is 0 Å². The van der Waals surface area contributed by atoms with Crippen molar-refractivity contribution < 1.29 is 33.6 Å². The molecule has 3 rings (SSSR count). The van der Waals surface area contributed by atoms with Gasteiger partial charge in [-0.2, -0.15) is 0 Å². The van der Waals surface area contributed by atoms with E-state index in [2.05, 4.69) is 0 Å². The van der Waals surface area contributed by atoms with Gasteiger partial charge < -0.3 is 29.0 Å². The minimum atomic E-state index is -0.837. The van der Waals surface area contributed by atoms with Crippen molar-refractivity contribution in [2.24, 2.45) is 5.92 Å². The number of methoxy groups -OCH3 is 3. The number of ketones is 1. The molecule has 1 amide bonds. The van der Waals surface area contributed by atoms with Crippen molar-refractivity contribution in [2.75, 3.05) is 35.0 Å². The lowest BCUT2D eigenvalue weighted by Crippen LogP contribution is -2.25. The predicted molar refractivity (Wildman–Crippen MR) is 123 cm³/mol. The summed E-state index contributed by atoms with van der Waals surface area (Å²) in [6.07, 6.45) is 0. The van der Waals surface area contributed by atoms with E-state index in [9.17, 15) is 14.7 Å². The van der Waals surface area contributed by atoms with Crippen molar-refractivity contribution in [3.8, 4) is 23.0 Å². The monoisotopic (exact) mass is 455 g/mol. The SMILES string of the molecule is COc1cc(C2C(=C(O)c3ccc(OCC(C)C)cc3)C(=O)C(=O)N2C)cc(OC)c1OC. The minimum absolute atomic E-state index is 0.0207. The lowest BCUT2D eigenvalue weighted by atomic mass is 9.95. The van der Waals surface area contributed by atoms with Crippen LogP contribution >= 0.6 is 0 Å². The Balaban J connectivity index is 2.09. The van der Waals surface area contributed by atoms with Gasteiger partial charge in [-0.3, -0.25) is 9.59 Å². The summed E-state index contributed by atoms with van der Waals surface area (Å²) in [7, 11) is 5.96. The molecule has 0 bridgehead atoms. The average molecular weight is 456 g/mol. The van der Waals surface area contributed by atoms with E-state index >= 15 is 0 Å². The second-order valence-corrected chi connectivity index (χ2v) is 8.10. The van der Waals surface area contributed by atoms with Crippen molar-refractivity contribution in [2.45, 2.75) is 19.9 Å². The number of Topliss-reactive ketones (excluding diaryl/α,β-unsaturated/α-hetero) is 1. The van der Waals surface area contributed by atoms with Crippen LogP contribution in [0.15, 0.2) is 42.0 Å². The fourth-order valence-corrected chi connectivity index (χ4v) is 3.72. The first-order valence-electron chi connectivity index (χ1n) is 10.5. The zero-order chi connectivity index (χ0) is 24.3. The molecule has 1 heterocycles. The topological polar surface area (TPSA) is 94.5 Å². The predicted octanol–water partition coefficient (Wildman–Crippen LogP) is 3.80. The van der Waals surface area contributed by atoms with Gasteiger partial charge >= 0.3 is 0 Å². The Hall–Kier alpha value is -3.68. The fraction of sp³-hybridized carbons (Fsp3) is 0.360. The molecule has 0 radical (unpaired) electrons. The number of amides is 1. The van der Waals surface area contributed by atoms with Crippen LogP contribution < -0.4 is 18.9 Å². The van der Waals surface area contributed by atoms with E-state index in [4.69, 9.17) is 18.9 Å². The van der Waals surface area contributed by atoms with Gasteiger partial charge in [0.25, 0.3) is 11.7 Å². The van der Waals surface area contributed by atoms with Crippen LogP contribution in [0.4, 0.5) is 0 Å². The number of carbonyl (C=O) groups excluding carboxylic acids is 2. The fourth-order valence-electron chi connectivity index (χ4n) is 3.72. The van der Waals surface area contributed by atoms with E-state index in [0.29, 0.717) is 46.6 Å². The molecule has 0 aliphatic carbocycles. The summed E-state index contributed by atoms with van der Waals surface area (Å²) in [5.74, 6) is 0.395. The molecular weight excluding hydrogens is 426 g/mol. The van der Waals surface area contributed by atoms with Gasteiger partial charge in [-0.1, -0.05) is 13.8 Å². The van der Waals surface area contributed by atoms with Crippen LogP contribution in [0.2, 0.25) is 0 Å². The van der Waals surface area contributed by atoms with Crippen molar-refractivity contribution in [3.63, 3.8) is 0 Å². The third-order valence-electron chi connectivity index (χ3n) is 5.39. The number of carbonyl (C=O) groups is 2. The first-order valence-corrected chi connectivity index (χ1v) is 10.5. The zero-order valence-electron chi connectivity index (χ0n) is 19.7. The summed E-state index contributed by atoms with van der Waals surface area (Å²) in [5, 5.41) is 11.1. The Kier molecular flexibility index (Phi) is 7.16. The van der Waals surface area contributed by atoms with Crippen molar-refractivity contribution >= 4 is 17.4 Å². The van der Waals surface area contributed by atoms with E-state index in [1.807, 2.05) is 13.8 Å². The highest BCUT2D eigenvalue weighted by molar-refractivity contribution is 6.46. The summed E-state index contributed by atoms with van der Waals surface area (Å²) in [6, 6.07) is 9.22. The Morgan fingerprint density at radius 1 is 1.00 bits per heavy atom. The number of hydrogen-bond donors (Lipinski definition) is 1. The molecule has 2 aromatic carbocycles. The van der Waals surface area contributed by atoms with Gasteiger partial charge in [0.1, 0.15) is 11.5 Å². The third kappa shape index (κ3) is 4.60. The molecule has 33 heavy (non-hydrogen) atoms. The molecule has 0 saturated carbocycles. The Labute approximate surface area is 193 Å². The quantitative estimate of drug-likeness (QED) is 0.368. The van der Waals surface area contributed by atoms with E-state index in [1.165, 1.54) is 33.3 Å². The molecule has 1 aliphatic heterocycles. The van der Waals surface area contributed by atoms with E-state index in [-0.39, 0.29) is 11.3 Å². The van der Waals surface area contributed by atoms with Gasteiger partial charge in [0, 0.05) is 12.6 Å². The first kappa shape index (κ1) is 24.0.